The van der Waals surface area contributed by atoms with E-state index in [-0.39, 0.29) is 29.1 Å². The van der Waals surface area contributed by atoms with Gasteiger partial charge in [0.05, 0.1) is 22.1 Å². The van der Waals surface area contributed by atoms with Gasteiger partial charge in [0, 0.05) is 12.2 Å². The van der Waals surface area contributed by atoms with Crippen LogP contribution in [0.1, 0.15) is 33.6 Å². The minimum atomic E-state index is -3.20. The second-order valence-electron chi connectivity index (χ2n) is 5.12. The zero-order chi connectivity index (χ0) is 14.5. The normalized spacial score (nSPS) is 24.2. The van der Waals surface area contributed by atoms with E-state index in [0.29, 0.717) is 12.8 Å². The van der Waals surface area contributed by atoms with E-state index in [1.165, 1.54) is 6.07 Å². The van der Waals surface area contributed by atoms with E-state index in [4.69, 9.17) is 5.73 Å². The van der Waals surface area contributed by atoms with Crippen LogP contribution in [0.25, 0.3) is 0 Å². The fourth-order valence-electron chi connectivity index (χ4n) is 2.79. The number of fused-ring (bicyclic) bond motifs is 1. The van der Waals surface area contributed by atoms with Gasteiger partial charge in [-0.2, -0.15) is 0 Å². The molecule has 2 aliphatic heterocycles. The van der Waals surface area contributed by atoms with E-state index in [1.54, 1.807) is 12.1 Å². The van der Waals surface area contributed by atoms with Gasteiger partial charge in [0.2, 0.25) is 0 Å². The third-order valence-corrected chi connectivity index (χ3v) is 6.14. The zero-order valence-corrected chi connectivity index (χ0v) is 11.5. The van der Waals surface area contributed by atoms with Crippen LogP contribution in [0.5, 0.6) is 0 Å². The molecule has 2 heterocycles. The molecule has 0 aromatic heterocycles. The third kappa shape index (κ3) is 1.81. The van der Waals surface area contributed by atoms with Crippen molar-refractivity contribution in [1.82, 2.24) is 4.90 Å². The predicted octanol–water partition coefficient (Wildman–Crippen LogP) is 0.442. The molecule has 0 bridgehead atoms. The molecule has 2 aliphatic rings. The third-order valence-electron chi connectivity index (χ3n) is 3.88. The van der Waals surface area contributed by atoms with Crippen molar-refractivity contribution in [2.45, 2.75) is 18.1 Å². The first kappa shape index (κ1) is 13.1. The van der Waals surface area contributed by atoms with Gasteiger partial charge >= 0.3 is 0 Å². The summed E-state index contributed by atoms with van der Waals surface area (Å²) in [6.45, 7) is -0.0753. The highest BCUT2D eigenvalue weighted by Gasteiger charge is 2.41. The Morgan fingerprint density at radius 3 is 2.60 bits per heavy atom. The molecular weight excluding hydrogens is 280 g/mol. The van der Waals surface area contributed by atoms with Gasteiger partial charge in [0.1, 0.15) is 0 Å². The highest BCUT2D eigenvalue weighted by Crippen LogP contribution is 2.30. The predicted molar refractivity (Wildman–Crippen MR) is 73.0 cm³/mol. The number of nitrogens with two attached hydrogens (primary N) is 1. The van der Waals surface area contributed by atoms with Crippen LogP contribution < -0.4 is 5.73 Å². The van der Waals surface area contributed by atoms with Crippen LogP contribution in [0.15, 0.2) is 18.2 Å². The molecule has 1 aromatic rings. The minimum absolute atomic E-state index is 0.0753. The topological polar surface area (TPSA) is 97.5 Å². The van der Waals surface area contributed by atoms with Crippen LogP contribution in [-0.4, -0.2) is 42.7 Å². The molecule has 2 amide bonds. The average Bonchev–Trinajstić information content (AvgIpc) is 2.83. The minimum Gasteiger partial charge on any atom is -0.398 e. The standard InChI is InChI=1S/C13H14N2O4S/c14-10-5-1-4-9-11(10)13(17)15(12(9)16)7-8-3-2-6-20(8,18)19/h1,4-5,8H,2-3,6-7,14H2. The van der Waals surface area contributed by atoms with Crippen LogP contribution in [-0.2, 0) is 9.84 Å². The fraction of sp³-hybridized carbons (Fsp3) is 0.385. The Morgan fingerprint density at radius 1 is 1.25 bits per heavy atom. The number of anilines is 1. The number of nitrogen functional groups attached to an aromatic ring is 1. The second kappa shape index (κ2) is 4.31. The Hall–Kier alpha value is -1.89. The van der Waals surface area contributed by atoms with Gasteiger partial charge in [-0.15, -0.1) is 0 Å². The molecule has 0 aliphatic carbocycles. The quantitative estimate of drug-likeness (QED) is 0.630. The number of carbonyl (C=O) groups is 2. The molecule has 1 saturated heterocycles. The molecule has 3 rings (SSSR count). The molecule has 2 N–H and O–H groups in total. The summed E-state index contributed by atoms with van der Waals surface area (Å²) in [5, 5.41) is -0.647. The van der Waals surface area contributed by atoms with E-state index in [2.05, 4.69) is 0 Å². The lowest BCUT2D eigenvalue weighted by Gasteiger charge is -2.18. The lowest BCUT2D eigenvalue weighted by atomic mass is 10.1. The molecule has 0 radical (unpaired) electrons. The summed E-state index contributed by atoms with van der Waals surface area (Å²) in [7, 11) is -3.20. The lowest BCUT2D eigenvalue weighted by Crippen LogP contribution is -2.38. The van der Waals surface area contributed by atoms with Crippen LogP contribution in [0.3, 0.4) is 0 Å². The molecule has 1 unspecified atom stereocenters. The highest BCUT2D eigenvalue weighted by molar-refractivity contribution is 7.92. The number of hydrogen-bond acceptors (Lipinski definition) is 5. The van der Waals surface area contributed by atoms with Gasteiger partial charge in [0.15, 0.2) is 9.84 Å². The molecule has 7 heteroatoms. The number of carbonyl (C=O) groups excluding carboxylic acids is 2. The summed E-state index contributed by atoms with van der Waals surface area (Å²) in [4.78, 5) is 25.5. The molecule has 1 fully saturated rings. The lowest BCUT2D eigenvalue weighted by molar-refractivity contribution is 0.0654. The summed E-state index contributed by atoms with van der Waals surface area (Å²) in [6.07, 6.45) is 1.07. The smallest absolute Gasteiger partial charge is 0.263 e. The van der Waals surface area contributed by atoms with Crippen molar-refractivity contribution < 1.29 is 18.0 Å². The average molecular weight is 294 g/mol. The van der Waals surface area contributed by atoms with E-state index < -0.39 is 26.9 Å². The largest absolute Gasteiger partial charge is 0.398 e. The number of nitrogens with zero attached hydrogens (tertiary/aromatic N) is 1. The zero-order valence-electron chi connectivity index (χ0n) is 10.7. The first-order valence-corrected chi connectivity index (χ1v) is 8.09. The maximum absolute atomic E-state index is 12.3. The fourth-order valence-corrected chi connectivity index (χ4v) is 4.60. The molecule has 1 atom stereocenters. The second-order valence-corrected chi connectivity index (χ2v) is 7.52. The summed E-state index contributed by atoms with van der Waals surface area (Å²) >= 11 is 0. The van der Waals surface area contributed by atoms with Gasteiger partial charge in [-0.25, -0.2) is 8.42 Å². The van der Waals surface area contributed by atoms with E-state index in [9.17, 15) is 18.0 Å². The van der Waals surface area contributed by atoms with Crippen molar-refractivity contribution in [3.63, 3.8) is 0 Å². The highest BCUT2D eigenvalue weighted by atomic mass is 32.2. The number of rotatable bonds is 2. The first-order chi connectivity index (χ1) is 9.42. The van der Waals surface area contributed by atoms with Crippen LogP contribution >= 0.6 is 0 Å². The summed E-state index contributed by atoms with van der Waals surface area (Å²) in [6, 6.07) is 4.70. The maximum Gasteiger partial charge on any atom is 0.263 e. The molecule has 6 nitrogen and oxygen atoms in total. The summed E-state index contributed by atoms with van der Waals surface area (Å²) < 4.78 is 23.7. The Kier molecular flexibility index (Phi) is 2.82. The van der Waals surface area contributed by atoms with Gasteiger partial charge in [-0.05, 0) is 25.0 Å². The number of benzene rings is 1. The Bertz CT molecular complexity index is 711. The Morgan fingerprint density at radius 2 is 2.00 bits per heavy atom. The number of amides is 2. The number of imide groups is 1. The monoisotopic (exact) mass is 294 g/mol. The van der Waals surface area contributed by atoms with E-state index in [1.807, 2.05) is 0 Å². The Balaban J connectivity index is 1.93. The van der Waals surface area contributed by atoms with Gasteiger partial charge in [-0.1, -0.05) is 6.07 Å². The van der Waals surface area contributed by atoms with Crippen molar-refractivity contribution in [3.8, 4) is 0 Å². The summed E-state index contributed by atoms with van der Waals surface area (Å²) in [5.41, 5.74) is 6.42. The maximum atomic E-state index is 12.3. The van der Waals surface area contributed by atoms with Gasteiger partial charge < -0.3 is 5.73 Å². The van der Waals surface area contributed by atoms with Gasteiger partial charge in [-0.3, -0.25) is 14.5 Å². The van der Waals surface area contributed by atoms with Crippen molar-refractivity contribution in [2.24, 2.45) is 0 Å². The number of hydrogen-bond donors (Lipinski definition) is 1. The Labute approximate surface area is 116 Å². The molecule has 1 aromatic carbocycles. The van der Waals surface area contributed by atoms with Crippen molar-refractivity contribution in [3.05, 3.63) is 29.3 Å². The molecule has 20 heavy (non-hydrogen) atoms. The van der Waals surface area contributed by atoms with Crippen molar-refractivity contribution in [2.75, 3.05) is 18.0 Å². The summed E-state index contributed by atoms with van der Waals surface area (Å²) in [5.74, 6) is -0.826. The van der Waals surface area contributed by atoms with Crippen LogP contribution in [0, 0.1) is 0 Å². The molecular formula is C13H14N2O4S. The van der Waals surface area contributed by atoms with Crippen molar-refractivity contribution >= 4 is 27.3 Å². The van der Waals surface area contributed by atoms with E-state index in [0.717, 1.165) is 4.90 Å². The first-order valence-electron chi connectivity index (χ1n) is 6.38. The van der Waals surface area contributed by atoms with Crippen molar-refractivity contribution in [1.29, 1.82) is 0 Å². The van der Waals surface area contributed by atoms with E-state index >= 15 is 0 Å². The molecule has 106 valence electrons. The number of sulfone groups is 1. The molecule has 0 spiro atoms. The van der Waals surface area contributed by atoms with Gasteiger partial charge in [0.25, 0.3) is 11.8 Å². The SMILES string of the molecule is Nc1cccc2c1C(=O)N(CC1CCCS1(=O)=O)C2=O. The van der Waals surface area contributed by atoms with Crippen LogP contribution in [0.4, 0.5) is 5.69 Å². The van der Waals surface area contributed by atoms with Crippen LogP contribution in [0.2, 0.25) is 0 Å². The molecule has 0 saturated carbocycles.